The van der Waals surface area contributed by atoms with Gasteiger partial charge in [0.25, 0.3) is 0 Å². The quantitative estimate of drug-likeness (QED) is 0.553. The molecule has 5 nitrogen and oxygen atoms in total. The minimum Gasteiger partial charge on any atom is -0.465 e. The number of hydrogen-bond acceptors (Lipinski definition) is 5. The number of esters is 2. The Kier molecular flexibility index (Phi) is 5.68. The summed E-state index contributed by atoms with van der Waals surface area (Å²) in [6.07, 6.45) is -3.76. The van der Waals surface area contributed by atoms with Gasteiger partial charge >= 0.3 is 11.9 Å². The van der Waals surface area contributed by atoms with Crippen molar-refractivity contribution in [1.29, 1.82) is 0 Å². The molecule has 0 amide bonds. The number of rotatable bonds is 4. The Morgan fingerprint density at radius 3 is 2.38 bits per heavy atom. The number of carbonyl (C=O) groups is 2. The molecule has 0 spiro atoms. The highest BCUT2D eigenvalue weighted by atomic mass is 79.9. The van der Waals surface area contributed by atoms with Crippen molar-refractivity contribution in [1.82, 2.24) is 0 Å². The van der Waals surface area contributed by atoms with Gasteiger partial charge in [-0.1, -0.05) is 52.3 Å². The van der Waals surface area contributed by atoms with Crippen LogP contribution in [0.3, 0.4) is 0 Å². The predicted molar refractivity (Wildman–Crippen MR) is 94.9 cm³/mol. The zero-order chi connectivity index (χ0) is 18.7. The standard InChI is InChI=1S/C19H16BrFO5/c1-24-19(23)13-10-6-5-9-12(13)15-16(14(21)17(20)25-15)26-18(22)11-7-3-2-4-8-11/h2-10,14-17H,1H3/t14-,15+,16-,17-/m0/s1. The third kappa shape index (κ3) is 3.64. The Hall–Kier alpha value is -2.25. The maximum Gasteiger partial charge on any atom is 0.338 e. The van der Waals surface area contributed by atoms with E-state index in [2.05, 4.69) is 15.9 Å². The lowest BCUT2D eigenvalue weighted by atomic mass is 9.98. The van der Waals surface area contributed by atoms with Gasteiger partial charge in [0, 0.05) is 0 Å². The van der Waals surface area contributed by atoms with Crippen LogP contribution in [0.4, 0.5) is 4.39 Å². The van der Waals surface area contributed by atoms with Gasteiger partial charge in [-0.3, -0.25) is 0 Å². The summed E-state index contributed by atoms with van der Waals surface area (Å²) < 4.78 is 30.4. The molecule has 0 unspecified atom stereocenters. The third-order valence-electron chi connectivity index (χ3n) is 4.06. The fraction of sp³-hybridized carbons (Fsp3) is 0.263. The van der Waals surface area contributed by atoms with Gasteiger partial charge in [0.2, 0.25) is 0 Å². The summed E-state index contributed by atoms with van der Waals surface area (Å²) in [5, 5.41) is -0.966. The molecular formula is C19H16BrFO5. The molecule has 3 rings (SSSR count). The first kappa shape index (κ1) is 18.5. The number of benzene rings is 2. The van der Waals surface area contributed by atoms with Crippen LogP contribution in [0.25, 0.3) is 0 Å². The summed E-state index contributed by atoms with van der Waals surface area (Å²) in [4.78, 5) is 24.4. The molecule has 26 heavy (non-hydrogen) atoms. The maximum atomic E-state index is 14.6. The van der Waals surface area contributed by atoms with Gasteiger partial charge in [-0.2, -0.15) is 0 Å². The van der Waals surface area contributed by atoms with Crippen molar-refractivity contribution >= 4 is 27.9 Å². The third-order valence-corrected chi connectivity index (χ3v) is 4.79. The number of carbonyl (C=O) groups excluding carboxylic acids is 2. The summed E-state index contributed by atoms with van der Waals surface area (Å²) in [7, 11) is 1.26. The van der Waals surface area contributed by atoms with Crippen LogP contribution in [0, 0.1) is 0 Å². The van der Waals surface area contributed by atoms with Crippen molar-refractivity contribution in [3.8, 4) is 0 Å². The van der Waals surface area contributed by atoms with E-state index in [-0.39, 0.29) is 5.56 Å². The fourth-order valence-corrected chi connectivity index (χ4v) is 3.33. The van der Waals surface area contributed by atoms with Crippen LogP contribution in [0.2, 0.25) is 0 Å². The van der Waals surface area contributed by atoms with E-state index >= 15 is 0 Å². The van der Waals surface area contributed by atoms with Crippen LogP contribution in [0.5, 0.6) is 0 Å². The van der Waals surface area contributed by atoms with Crippen molar-refractivity contribution < 1.29 is 28.2 Å². The molecule has 0 aliphatic carbocycles. The second kappa shape index (κ2) is 7.97. The van der Waals surface area contributed by atoms with Crippen LogP contribution in [0.15, 0.2) is 54.6 Å². The molecule has 2 aromatic rings. The average Bonchev–Trinajstić information content (AvgIpc) is 2.96. The minimum absolute atomic E-state index is 0.231. The molecular weight excluding hydrogens is 407 g/mol. The summed E-state index contributed by atoms with van der Waals surface area (Å²) in [5.74, 6) is -1.24. The molecule has 7 heteroatoms. The van der Waals surface area contributed by atoms with Crippen LogP contribution < -0.4 is 0 Å². The van der Waals surface area contributed by atoms with Crippen molar-refractivity contribution in [2.75, 3.05) is 7.11 Å². The Morgan fingerprint density at radius 2 is 1.69 bits per heavy atom. The van der Waals surface area contributed by atoms with Gasteiger partial charge in [-0.15, -0.1) is 0 Å². The van der Waals surface area contributed by atoms with E-state index in [4.69, 9.17) is 14.2 Å². The van der Waals surface area contributed by atoms with E-state index < -0.39 is 35.3 Å². The Morgan fingerprint density at radius 1 is 1.04 bits per heavy atom. The van der Waals surface area contributed by atoms with Gasteiger partial charge in [0.05, 0.1) is 18.2 Å². The first-order valence-corrected chi connectivity index (χ1v) is 8.81. The lowest BCUT2D eigenvalue weighted by Gasteiger charge is -2.21. The van der Waals surface area contributed by atoms with Crippen LogP contribution >= 0.6 is 15.9 Å². The van der Waals surface area contributed by atoms with Crippen LogP contribution in [-0.4, -0.2) is 36.3 Å². The number of alkyl halides is 2. The number of halogens is 2. The van der Waals surface area contributed by atoms with Crippen molar-refractivity contribution in [2.24, 2.45) is 0 Å². The summed E-state index contributed by atoms with van der Waals surface area (Å²) in [6, 6.07) is 14.8. The SMILES string of the molecule is COC(=O)c1ccccc1[C@H]1O[C@H](Br)[C@@H](F)[C@@H]1OC(=O)c1ccccc1. The molecule has 1 saturated heterocycles. The highest BCUT2D eigenvalue weighted by Crippen LogP contribution is 2.41. The second-order valence-corrected chi connectivity index (χ2v) is 6.57. The predicted octanol–water partition coefficient (Wildman–Crippen LogP) is 3.83. The van der Waals surface area contributed by atoms with E-state index in [1.54, 1.807) is 54.6 Å². The molecule has 0 N–H and O–H groups in total. The van der Waals surface area contributed by atoms with Crippen molar-refractivity contribution in [3.05, 3.63) is 71.3 Å². The molecule has 1 aliphatic rings. The Balaban J connectivity index is 1.91. The highest BCUT2D eigenvalue weighted by molar-refractivity contribution is 9.09. The molecule has 1 fully saturated rings. The fourth-order valence-electron chi connectivity index (χ4n) is 2.79. The van der Waals surface area contributed by atoms with E-state index in [1.807, 2.05) is 0 Å². The first-order valence-electron chi connectivity index (χ1n) is 7.89. The van der Waals surface area contributed by atoms with Crippen molar-refractivity contribution in [3.63, 3.8) is 0 Å². The maximum absolute atomic E-state index is 14.6. The van der Waals surface area contributed by atoms with E-state index in [1.165, 1.54) is 7.11 Å². The normalized spacial score (nSPS) is 24.9. The zero-order valence-electron chi connectivity index (χ0n) is 13.8. The van der Waals surface area contributed by atoms with Crippen LogP contribution in [0.1, 0.15) is 32.4 Å². The number of hydrogen-bond donors (Lipinski definition) is 0. The zero-order valence-corrected chi connectivity index (χ0v) is 15.4. The van der Waals surface area contributed by atoms with Crippen LogP contribution in [-0.2, 0) is 14.2 Å². The number of ether oxygens (including phenoxy) is 3. The highest BCUT2D eigenvalue weighted by Gasteiger charge is 2.48. The van der Waals surface area contributed by atoms with Gasteiger partial charge in [-0.05, 0) is 23.8 Å². The van der Waals surface area contributed by atoms with E-state index in [9.17, 15) is 14.0 Å². The van der Waals surface area contributed by atoms with Gasteiger partial charge in [0.15, 0.2) is 12.3 Å². The van der Waals surface area contributed by atoms with E-state index in [0.29, 0.717) is 11.1 Å². The minimum atomic E-state index is -1.60. The lowest BCUT2D eigenvalue weighted by molar-refractivity contribution is -0.00931. The molecule has 0 bridgehead atoms. The van der Waals surface area contributed by atoms with E-state index in [0.717, 1.165) is 0 Å². The van der Waals surface area contributed by atoms with Crippen molar-refractivity contribution in [2.45, 2.75) is 23.4 Å². The molecule has 0 saturated carbocycles. The average molecular weight is 423 g/mol. The van der Waals surface area contributed by atoms with Gasteiger partial charge in [0.1, 0.15) is 11.1 Å². The molecule has 1 aliphatic heterocycles. The summed E-state index contributed by atoms with van der Waals surface area (Å²) in [6.45, 7) is 0. The summed E-state index contributed by atoms with van der Waals surface area (Å²) >= 11 is 3.10. The molecule has 4 atom stereocenters. The number of methoxy groups -OCH3 is 1. The molecule has 2 aromatic carbocycles. The monoisotopic (exact) mass is 422 g/mol. The van der Waals surface area contributed by atoms with Gasteiger partial charge < -0.3 is 14.2 Å². The molecule has 0 aromatic heterocycles. The largest absolute Gasteiger partial charge is 0.465 e. The smallest absolute Gasteiger partial charge is 0.338 e. The molecule has 1 heterocycles. The molecule has 136 valence electrons. The summed E-state index contributed by atoms with van der Waals surface area (Å²) in [5.41, 5.74) is 0.932. The topological polar surface area (TPSA) is 61.8 Å². The second-order valence-electron chi connectivity index (χ2n) is 5.67. The first-order chi connectivity index (χ1) is 12.5. The molecule has 0 radical (unpaired) electrons. The Bertz CT molecular complexity index is 798. The van der Waals surface area contributed by atoms with Gasteiger partial charge in [-0.25, -0.2) is 14.0 Å². The Labute approximate surface area is 158 Å². The lowest BCUT2D eigenvalue weighted by Crippen LogP contribution is -2.31.